The van der Waals surface area contributed by atoms with E-state index in [0.29, 0.717) is 38.5 Å². The maximum atomic E-state index is 12.7. The molecule has 0 aliphatic rings. The minimum atomic E-state index is -2.87. The molecule has 0 aliphatic carbocycles. The second kappa shape index (κ2) is 10.8. The van der Waals surface area contributed by atoms with Gasteiger partial charge >= 0.3 is 0 Å². The van der Waals surface area contributed by atoms with Crippen LogP contribution in [0, 0.1) is 23.7 Å². The Morgan fingerprint density at radius 2 is 2.21 bits per heavy atom. The van der Waals surface area contributed by atoms with Crippen LogP contribution in [0.4, 0.5) is 17.1 Å². The molecule has 7 heteroatoms. The first kappa shape index (κ1) is 16.3. The summed E-state index contributed by atoms with van der Waals surface area (Å²) in [5.74, 6) is 2.23. The van der Waals surface area contributed by atoms with Crippen LogP contribution in [0.2, 0.25) is 0 Å². The molecule has 0 radical (unpaired) electrons. The van der Waals surface area contributed by atoms with Crippen LogP contribution in [0.25, 0.3) is 10.9 Å². The van der Waals surface area contributed by atoms with Gasteiger partial charge in [0.1, 0.15) is 11.8 Å². The second-order valence-corrected chi connectivity index (χ2v) is 6.81. The highest BCUT2D eigenvalue weighted by Gasteiger charge is 2.15. The van der Waals surface area contributed by atoms with Crippen LogP contribution in [0.15, 0.2) is 54.7 Å². The Morgan fingerprint density at radius 1 is 1.36 bits per heavy atom. The first-order valence-electron chi connectivity index (χ1n) is 13.0. The van der Waals surface area contributed by atoms with Gasteiger partial charge in [0.15, 0.2) is 0 Å². The van der Waals surface area contributed by atoms with Crippen LogP contribution in [-0.2, 0) is 4.79 Å². The number of pyridine rings is 1. The van der Waals surface area contributed by atoms with Gasteiger partial charge in [0.05, 0.1) is 29.1 Å². The zero-order chi connectivity index (χ0) is 28.8. The number of hydrogen-bond acceptors (Lipinski definition) is 6. The van der Waals surface area contributed by atoms with E-state index in [1.165, 1.54) is 6.20 Å². The van der Waals surface area contributed by atoms with Crippen molar-refractivity contribution in [2.45, 2.75) is 6.92 Å². The predicted molar refractivity (Wildman–Crippen MR) is 132 cm³/mol. The summed E-state index contributed by atoms with van der Waals surface area (Å²) in [7, 11) is 0. The fourth-order valence-electron chi connectivity index (χ4n) is 3.08. The third-order valence-electron chi connectivity index (χ3n) is 4.50. The summed E-state index contributed by atoms with van der Waals surface area (Å²) in [6.07, 6.45) is 9.12. The lowest BCUT2D eigenvalue weighted by Gasteiger charge is -2.16. The van der Waals surface area contributed by atoms with Crippen molar-refractivity contribution >= 4 is 33.9 Å². The Kier molecular flexibility index (Phi) is 5.35. The molecule has 7 nitrogen and oxygen atoms in total. The van der Waals surface area contributed by atoms with Crippen molar-refractivity contribution in [2.24, 2.45) is 0 Å². The number of aromatic nitrogens is 1. The van der Waals surface area contributed by atoms with E-state index in [-0.39, 0.29) is 17.9 Å². The second-order valence-electron chi connectivity index (χ2n) is 6.81. The van der Waals surface area contributed by atoms with Crippen molar-refractivity contribution in [3.63, 3.8) is 0 Å². The van der Waals surface area contributed by atoms with Gasteiger partial charge in [-0.3, -0.25) is 9.78 Å². The Balaban J connectivity index is 1.98. The van der Waals surface area contributed by atoms with Crippen LogP contribution in [0.1, 0.15) is 26.3 Å². The lowest BCUT2D eigenvalue weighted by atomic mass is 10.1. The molecule has 0 saturated carbocycles. The van der Waals surface area contributed by atoms with Gasteiger partial charge in [-0.2, -0.15) is 5.26 Å². The van der Waals surface area contributed by atoms with Crippen molar-refractivity contribution in [1.82, 2.24) is 9.88 Å². The molecule has 0 fully saturated rings. The van der Waals surface area contributed by atoms with Crippen molar-refractivity contribution in [3.05, 3.63) is 65.9 Å². The van der Waals surface area contributed by atoms with E-state index in [9.17, 15) is 10.1 Å². The van der Waals surface area contributed by atoms with Gasteiger partial charge < -0.3 is 20.3 Å². The van der Waals surface area contributed by atoms with Crippen molar-refractivity contribution in [2.75, 3.05) is 37.7 Å². The summed E-state index contributed by atoms with van der Waals surface area (Å²) in [5, 5.41) is 16.1. The van der Waals surface area contributed by atoms with Gasteiger partial charge in [0, 0.05) is 49.7 Å². The Bertz CT molecular complexity index is 1470. The number of ether oxygens (including phenoxy) is 1. The van der Waals surface area contributed by atoms with E-state index in [4.69, 9.17) is 19.4 Å². The molecule has 166 valence electrons. The van der Waals surface area contributed by atoms with Gasteiger partial charge in [-0.25, -0.2) is 0 Å². The standard InChI is InChI=1S/C26H25N5O2/c1-5-18-9-7-10-20(13-18)29-26-19(16-27)17-28-22-15-24(33-6-2)23(14-21(22)26)30-25(32)11-8-12-31(3)4/h1,7-11,13-15,17H,6,12H2,2-4H3,(H,28,29)(H,30,32)/b11-8+/i3D3,4D3. The Hall–Kier alpha value is -4.33. The fourth-order valence-corrected chi connectivity index (χ4v) is 3.08. The third-order valence-corrected chi connectivity index (χ3v) is 4.50. The summed E-state index contributed by atoms with van der Waals surface area (Å²) < 4.78 is 50.2. The van der Waals surface area contributed by atoms with Crippen LogP contribution in [0.5, 0.6) is 5.75 Å². The molecule has 0 spiro atoms. The summed E-state index contributed by atoms with van der Waals surface area (Å²) in [6.45, 7) is -4.19. The summed E-state index contributed by atoms with van der Waals surface area (Å²) in [6, 6.07) is 12.4. The number of nitriles is 1. The van der Waals surface area contributed by atoms with Crippen LogP contribution in [0.3, 0.4) is 0 Å². The van der Waals surface area contributed by atoms with E-state index in [0.717, 1.165) is 12.2 Å². The highest BCUT2D eigenvalue weighted by molar-refractivity contribution is 6.04. The molecule has 33 heavy (non-hydrogen) atoms. The number of nitrogens with one attached hydrogen (secondary N) is 2. The number of nitrogens with zero attached hydrogens (tertiary/aromatic N) is 3. The zero-order valence-electron chi connectivity index (χ0n) is 23.8. The Morgan fingerprint density at radius 3 is 2.94 bits per heavy atom. The number of carbonyl (C=O) groups excluding carboxylic acids is 1. The molecule has 0 bridgehead atoms. The number of rotatable bonds is 8. The number of amides is 1. The average molecular weight is 446 g/mol. The molecule has 3 aromatic rings. The molecule has 1 amide bonds. The SMILES string of the molecule is [2H]C([2H])([2H])N(C/C=C/C(=O)Nc1cc2c(Nc3cccc(C#C)c3)c(C#N)cnc2cc1OCC)C([2H])([2H])[2H]. The Labute approximate surface area is 202 Å². The fraction of sp³-hybridized carbons (Fsp3) is 0.192. The molecule has 1 heterocycles. The maximum absolute atomic E-state index is 12.7. The molecule has 0 atom stereocenters. The predicted octanol–water partition coefficient (Wildman–Crippen LogP) is 4.29. The molecular formula is C26H25N5O2. The topological polar surface area (TPSA) is 90.3 Å². The maximum Gasteiger partial charge on any atom is 0.248 e. The monoisotopic (exact) mass is 445 g/mol. The lowest BCUT2D eigenvalue weighted by molar-refractivity contribution is -0.111. The minimum absolute atomic E-state index is 0.254. The minimum Gasteiger partial charge on any atom is -0.492 e. The average Bonchev–Trinajstić information content (AvgIpc) is 2.86. The van der Waals surface area contributed by atoms with Gasteiger partial charge in [0.2, 0.25) is 5.91 Å². The summed E-state index contributed by atoms with van der Waals surface area (Å²) in [4.78, 5) is 17.4. The van der Waals surface area contributed by atoms with Crippen molar-refractivity contribution < 1.29 is 17.8 Å². The first-order chi connectivity index (χ1) is 18.4. The van der Waals surface area contributed by atoms with Gasteiger partial charge in [-0.1, -0.05) is 18.1 Å². The molecule has 2 aromatic carbocycles. The van der Waals surface area contributed by atoms with Crippen LogP contribution in [-0.4, -0.2) is 42.9 Å². The van der Waals surface area contributed by atoms with E-state index in [1.54, 1.807) is 43.3 Å². The lowest BCUT2D eigenvalue weighted by Crippen LogP contribution is -2.13. The molecule has 0 saturated heterocycles. The van der Waals surface area contributed by atoms with E-state index in [2.05, 4.69) is 27.6 Å². The number of terminal acetylenes is 1. The molecule has 0 unspecified atom stereocenters. The van der Waals surface area contributed by atoms with Gasteiger partial charge in [-0.05, 0) is 45.1 Å². The summed E-state index contributed by atoms with van der Waals surface area (Å²) in [5.41, 5.74) is 2.74. The van der Waals surface area contributed by atoms with Gasteiger partial charge in [-0.15, -0.1) is 6.42 Å². The van der Waals surface area contributed by atoms with E-state index >= 15 is 0 Å². The van der Waals surface area contributed by atoms with Crippen molar-refractivity contribution in [1.29, 1.82) is 5.26 Å². The molecule has 3 rings (SSSR count). The first-order valence-corrected chi connectivity index (χ1v) is 9.96. The highest BCUT2D eigenvalue weighted by Crippen LogP contribution is 2.36. The number of hydrogen-bond donors (Lipinski definition) is 2. The van der Waals surface area contributed by atoms with Gasteiger partial charge in [0.25, 0.3) is 0 Å². The zero-order valence-corrected chi connectivity index (χ0v) is 17.8. The number of carbonyl (C=O) groups is 1. The highest BCUT2D eigenvalue weighted by atomic mass is 16.5. The molecule has 2 N–H and O–H groups in total. The summed E-state index contributed by atoms with van der Waals surface area (Å²) >= 11 is 0. The molecule has 1 aromatic heterocycles. The van der Waals surface area contributed by atoms with Crippen molar-refractivity contribution in [3.8, 4) is 24.2 Å². The number of likely N-dealkylation sites (N-methyl/N-ethyl adjacent to an activating group) is 1. The smallest absolute Gasteiger partial charge is 0.248 e. The van der Waals surface area contributed by atoms with E-state index < -0.39 is 26.4 Å². The largest absolute Gasteiger partial charge is 0.492 e. The van der Waals surface area contributed by atoms with Crippen LogP contribution >= 0.6 is 0 Å². The molecular weight excluding hydrogens is 414 g/mol. The van der Waals surface area contributed by atoms with E-state index in [1.807, 2.05) is 0 Å². The normalized spacial score (nSPS) is 14.2. The number of fused-ring (bicyclic) bond motifs is 1. The number of anilines is 3. The quantitative estimate of drug-likeness (QED) is 0.397. The third kappa shape index (κ3) is 5.88. The number of benzene rings is 2. The molecule has 0 aliphatic heterocycles. The van der Waals surface area contributed by atoms with Crippen LogP contribution < -0.4 is 15.4 Å².